The predicted octanol–water partition coefficient (Wildman–Crippen LogP) is 3.86. The molecule has 0 aliphatic heterocycles. The molecule has 2 N–H and O–H groups in total. The second-order valence-electron chi connectivity index (χ2n) is 7.76. The Morgan fingerprint density at radius 2 is 2.04 bits per heavy atom. The van der Waals surface area contributed by atoms with Crippen molar-refractivity contribution in [1.82, 2.24) is 0 Å². The molecule has 5 nitrogen and oxygen atoms in total. The average Bonchev–Trinajstić information content (AvgIpc) is 2.45. The minimum absolute atomic E-state index is 0.0334. The number of hydrogen-bond acceptors (Lipinski definition) is 3. The van der Waals surface area contributed by atoms with Gasteiger partial charge in [-0.3, -0.25) is 4.79 Å². The van der Waals surface area contributed by atoms with Crippen molar-refractivity contribution in [2.45, 2.75) is 47.0 Å². The first kappa shape index (κ1) is 18.3. The minimum atomic E-state index is -1.01. The quantitative estimate of drug-likeness (QED) is 0.858. The Morgan fingerprint density at radius 3 is 2.62 bits per heavy atom. The molecular formula is C19H27NO4. The normalized spacial score (nSPS) is 22.7. The van der Waals surface area contributed by atoms with E-state index >= 15 is 0 Å². The molecule has 1 aliphatic carbocycles. The highest BCUT2D eigenvalue weighted by atomic mass is 16.5. The number of carboxylic acid groups (broad SMARTS) is 1. The van der Waals surface area contributed by atoms with Crippen LogP contribution in [0.15, 0.2) is 18.2 Å². The van der Waals surface area contributed by atoms with Gasteiger partial charge in [-0.15, -0.1) is 0 Å². The summed E-state index contributed by atoms with van der Waals surface area (Å²) >= 11 is 0. The summed E-state index contributed by atoms with van der Waals surface area (Å²) in [6, 6.07) is 5.19. The van der Waals surface area contributed by atoms with Crippen molar-refractivity contribution in [2.24, 2.45) is 17.3 Å². The maximum Gasteiger partial charge on any atom is 0.341 e. The van der Waals surface area contributed by atoms with Crippen molar-refractivity contribution in [1.29, 1.82) is 0 Å². The van der Waals surface area contributed by atoms with Crippen molar-refractivity contribution in [3.05, 3.63) is 23.8 Å². The van der Waals surface area contributed by atoms with Crippen LogP contribution < -0.4 is 10.1 Å². The molecule has 0 bridgehead atoms. The third kappa shape index (κ3) is 4.98. The lowest BCUT2D eigenvalue weighted by atomic mass is 9.68. The Bertz CT molecular complexity index is 624. The number of hydrogen-bond donors (Lipinski definition) is 2. The van der Waals surface area contributed by atoms with Gasteiger partial charge in [0.2, 0.25) is 5.91 Å². The number of carbonyl (C=O) groups excluding carboxylic acids is 1. The SMILES string of the molecule is Cc1cc(OCC(=O)O)ccc1NC(=O)C1CC(C)CC(C)(C)C1. The lowest BCUT2D eigenvalue weighted by Crippen LogP contribution is -2.34. The monoisotopic (exact) mass is 333 g/mol. The Labute approximate surface area is 143 Å². The van der Waals surface area contributed by atoms with E-state index in [1.807, 2.05) is 6.92 Å². The molecule has 2 rings (SSSR count). The largest absolute Gasteiger partial charge is 0.482 e. The number of amides is 1. The van der Waals surface area contributed by atoms with E-state index in [-0.39, 0.29) is 23.8 Å². The van der Waals surface area contributed by atoms with Gasteiger partial charge >= 0.3 is 5.97 Å². The van der Waals surface area contributed by atoms with Crippen LogP contribution in [0.25, 0.3) is 0 Å². The van der Waals surface area contributed by atoms with Gasteiger partial charge < -0.3 is 15.2 Å². The number of benzene rings is 1. The highest BCUT2D eigenvalue weighted by Gasteiger charge is 2.35. The maximum atomic E-state index is 12.6. The van der Waals surface area contributed by atoms with Crippen LogP contribution in [0.3, 0.4) is 0 Å². The second-order valence-corrected chi connectivity index (χ2v) is 7.76. The number of rotatable bonds is 5. The van der Waals surface area contributed by atoms with Gasteiger partial charge in [0.05, 0.1) is 0 Å². The molecule has 1 saturated carbocycles. The zero-order chi connectivity index (χ0) is 17.9. The fourth-order valence-corrected chi connectivity index (χ4v) is 3.79. The van der Waals surface area contributed by atoms with Crippen LogP contribution in [-0.4, -0.2) is 23.6 Å². The molecule has 2 atom stereocenters. The summed E-state index contributed by atoms with van der Waals surface area (Å²) in [7, 11) is 0. The molecule has 1 amide bonds. The van der Waals surface area contributed by atoms with Crippen molar-refractivity contribution in [3.63, 3.8) is 0 Å². The zero-order valence-electron chi connectivity index (χ0n) is 14.9. The Balaban J connectivity index is 2.02. The molecule has 0 heterocycles. The number of aryl methyl sites for hydroxylation is 1. The molecule has 5 heteroatoms. The third-order valence-corrected chi connectivity index (χ3v) is 4.58. The topological polar surface area (TPSA) is 75.6 Å². The van der Waals surface area contributed by atoms with E-state index < -0.39 is 5.97 Å². The summed E-state index contributed by atoms with van der Waals surface area (Å²) in [4.78, 5) is 23.2. The summed E-state index contributed by atoms with van der Waals surface area (Å²) in [6.45, 7) is 8.16. The van der Waals surface area contributed by atoms with E-state index in [0.717, 1.165) is 30.5 Å². The van der Waals surface area contributed by atoms with Crippen LogP contribution >= 0.6 is 0 Å². The summed E-state index contributed by atoms with van der Waals surface area (Å²) < 4.78 is 5.15. The smallest absolute Gasteiger partial charge is 0.341 e. The van der Waals surface area contributed by atoms with Gasteiger partial charge in [-0.1, -0.05) is 20.8 Å². The summed E-state index contributed by atoms with van der Waals surface area (Å²) in [5, 5.41) is 11.7. The highest BCUT2D eigenvalue weighted by molar-refractivity contribution is 5.93. The third-order valence-electron chi connectivity index (χ3n) is 4.58. The fourth-order valence-electron chi connectivity index (χ4n) is 3.79. The molecular weight excluding hydrogens is 306 g/mol. The van der Waals surface area contributed by atoms with Gasteiger partial charge in [0.15, 0.2) is 6.61 Å². The molecule has 1 fully saturated rings. The zero-order valence-corrected chi connectivity index (χ0v) is 14.9. The molecule has 0 radical (unpaired) electrons. The number of nitrogens with one attached hydrogen (secondary N) is 1. The fraction of sp³-hybridized carbons (Fsp3) is 0.579. The highest BCUT2D eigenvalue weighted by Crippen LogP contribution is 2.42. The van der Waals surface area contributed by atoms with Crippen LogP contribution in [0.4, 0.5) is 5.69 Å². The Hall–Kier alpha value is -2.04. The molecule has 0 aromatic heterocycles. The Kier molecular flexibility index (Phi) is 5.52. The van der Waals surface area contributed by atoms with Crippen molar-refractivity contribution >= 4 is 17.6 Å². The van der Waals surface area contributed by atoms with Gasteiger partial charge in [-0.25, -0.2) is 4.79 Å². The summed E-state index contributed by atoms with van der Waals surface area (Å²) in [6.07, 6.45) is 2.99. The van der Waals surface area contributed by atoms with E-state index in [1.54, 1.807) is 18.2 Å². The summed E-state index contributed by atoms with van der Waals surface area (Å²) in [5.74, 6) is 0.125. The second kappa shape index (κ2) is 7.24. The minimum Gasteiger partial charge on any atom is -0.482 e. The number of aliphatic carboxylic acids is 1. The molecule has 0 saturated heterocycles. The number of carboxylic acids is 1. The van der Waals surface area contributed by atoms with E-state index in [4.69, 9.17) is 9.84 Å². The van der Waals surface area contributed by atoms with E-state index in [9.17, 15) is 9.59 Å². The number of carbonyl (C=O) groups is 2. The van der Waals surface area contributed by atoms with Crippen LogP contribution in [0, 0.1) is 24.2 Å². The molecule has 1 aliphatic rings. The molecule has 24 heavy (non-hydrogen) atoms. The average molecular weight is 333 g/mol. The van der Waals surface area contributed by atoms with Gasteiger partial charge in [-0.05, 0) is 61.3 Å². The molecule has 1 aromatic carbocycles. The Morgan fingerprint density at radius 1 is 1.33 bits per heavy atom. The van der Waals surface area contributed by atoms with Gasteiger partial charge in [-0.2, -0.15) is 0 Å². The van der Waals surface area contributed by atoms with Crippen LogP contribution in [0.2, 0.25) is 0 Å². The lowest BCUT2D eigenvalue weighted by Gasteiger charge is -2.38. The van der Waals surface area contributed by atoms with Crippen LogP contribution in [0.1, 0.15) is 45.6 Å². The van der Waals surface area contributed by atoms with Gasteiger partial charge in [0, 0.05) is 11.6 Å². The lowest BCUT2D eigenvalue weighted by molar-refractivity contribution is -0.139. The first-order chi connectivity index (χ1) is 11.2. The van der Waals surface area contributed by atoms with Crippen molar-refractivity contribution in [3.8, 4) is 5.75 Å². The molecule has 1 aromatic rings. The first-order valence-electron chi connectivity index (χ1n) is 8.42. The summed E-state index contributed by atoms with van der Waals surface area (Å²) in [5.41, 5.74) is 1.80. The van der Waals surface area contributed by atoms with Crippen LogP contribution in [0.5, 0.6) is 5.75 Å². The van der Waals surface area contributed by atoms with Crippen molar-refractivity contribution in [2.75, 3.05) is 11.9 Å². The molecule has 132 valence electrons. The van der Waals surface area contributed by atoms with E-state index in [2.05, 4.69) is 26.1 Å². The first-order valence-corrected chi connectivity index (χ1v) is 8.42. The van der Waals surface area contributed by atoms with Gasteiger partial charge in [0.1, 0.15) is 5.75 Å². The van der Waals surface area contributed by atoms with E-state index in [1.165, 1.54) is 0 Å². The standard InChI is InChI=1S/C19H27NO4/c1-12-7-14(10-19(3,4)9-12)18(23)20-16-6-5-15(8-13(16)2)24-11-17(21)22/h5-6,8,12,14H,7,9-11H2,1-4H3,(H,20,23)(H,21,22). The van der Waals surface area contributed by atoms with Crippen molar-refractivity contribution < 1.29 is 19.4 Å². The van der Waals surface area contributed by atoms with E-state index in [0.29, 0.717) is 11.7 Å². The number of anilines is 1. The predicted molar refractivity (Wildman–Crippen MR) is 93.2 cm³/mol. The molecule has 2 unspecified atom stereocenters. The van der Waals surface area contributed by atoms with Gasteiger partial charge in [0.25, 0.3) is 0 Å². The maximum absolute atomic E-state index is 12.6. The number of ether oxygens (including phenoxy) is 1. The molecule has 0 spiro atoms. The van der Waals surface area contributed by atoms with Crippen LogP contribution in [-0.2, 0) is 9.59 Å².